The zero-order valence-electron chi connectivity index (χ0n) is 17.0. The molecule has 3 aromatic rings. The molecule has 0 spiro atoms. The van der Waals surface area contributed by atoms with Crippen molar-refractivity contribution in [3.8, 4) is 5.75 Å². The molecular formula is C21H19Cl2N3O4S2. The van der Waals surface area contributed by atoms with E-state index in [9.17, 15) is 13.2 Å². The minimum Gasteiger partial charge on any atom is -0.492 e. The Morgan fingerprint density at radius 2 is 2.00 bits per heavy atom. The molecule has 0 saturated carbocycles. The summed E-state index contributed by atoms with van der Waals surface area (Å²) in [6.45, 7) is 2.06. The lowest BCUT2D eigenvalue weighted by Crippen LogP contribution is -2.31. The summed E-state index contributed by atoms with van der Waals surface area (Å²) >= 11 is 13.3. The van der Waals surface area contributed by atoms with Gasteiger partial charge in [0.1, 0.15) is 21.5 Å². The van der Waals surface area contributed by atoms with Gasteiger partial charge >= 0.3 is 0 Å². The summed E-state index contributed by atoms with van der Waals surface area (Å²) in [6, 6.07) is 9.71. The number of fused-ring (bicyclic) bond motifs is 1. The molecule has 2 aromatic carbocycles. The summed E-state index contributed by atoms with van der Waals surface area (Å²) in [5.74, 6) is -0.184. The van der Waals surface area contributed by atoms with E-state index in [0.717, 1.165) is 5.56 Å². The van der Waals surface area contributed by atoms with Gasteiger partial charge in [0.05, 0.1) is 16.5 Å². The Labute approximate surface area is 199 Å². The van der Waals surface area contributed by atoms with Crippen LogP contribution in [0.2, 0.25) is 10.0 Å². The molecule has 11 heteroatoms. The molecule has 1 atom stereocenters. The maximum Gasteiger partial charge on any atom is 0.227 e. The molecule has 1 N–H and O–H groups in total. The minimum absolute atomic E-state index is 0.122. The number of aryl methyl sites for hydroxylation is 1. The highest BCUT2D eigenvalue weighted by molar-refractivity contribution is 7.90. The van der Waals surface area contributed by atoms with Crippen molar-refractivity contribution in [1.82, 2.24) is 10.2 Å². The Balaban J connectivity index is 1.44. The summed E-state index contributed by atoms with van der Waals surface area (Å²) in [4.78, 5) is 12.7. The Morgan fingerprint density at radius 3 is 2.72 bits per heavy atom. The first kappa shape index (κ1) is 23.0. The second-order valence-electron chi connectivity index (χ2n) is 7.40. The normalized spacial score (nSPS) is 15.8. The Bertz CT molecular complexity index is 1280. The molecule has 1 aromatic heterocycles. The number of nitrogens with one attached hydrogen (secondary N) is 1. The highest BCUT2D eigenvalue weighted by atomic mass is 35.5. The van der Waals surface area contributed by atoms with Gasteiger partial charge in [-0.3, -0.25) is 4.79 Å². The zero-order chi connectivity index (χ0) is 22.9. The molecule has 4 rings (SSSR count). The van der Waals surface area contributed by atoms with Gasteiger partial charge in [0.2, 0.25) is 5.91 Å². The van der Waals surface area contributed by atoms with Gasteiger partial charge in [-0.15, -0.1) is 21.5 Å². The Hall–Kier alpha value is -2.20. The molecule has 0 fully saturated rings. The van der Waals surface area contributed by atoms with E-state index < -0.39 is 9.84 Å². The van der Waals surface area contributed by atoms with Crippen LogP contribution in [0.4, 0.5) is 5.69 Å². The average molecular weight is 512 g/mol. The fourth-order valence-corrected chi connectivity index (χ4v) is 6.24. The van der Waals surface area contributed by atoms with Crippen molar-refractivity contribution in [3.63, 3.8) is 0 Å². The lowest BCUT2D eigenvalue weighted by atomic mass is 9.91. The van der Waals surface area contributed by atoms with Crippen molar-refractivity contribution in [2.75, 3.05) is 11.9 Å². The number of benzene rings is 2. The minimum atomic E-state index is -3.58. The van der Waals surface area contributed by atoms with E-state index in [0.29, 0.717) is 44.3 Å². The number of carbonyl (C=O) groups is 1. The van der Waals surface area contributed by atoms with E-state index in [1.165, 1.54) is 17.4 Å². The number of aromatic nitrogens is 2. The second-order valence-corrected chi connectivity index (χ2v) is 11.5. The van der Waals surface area contributed by atoms with Crippen LogP contribution in [-0.4, -0.2) is 31.1 Å². The van der Waals surface area contributed by atoms with Crippen molar-refractivity contribution >= 4 is 56.0 Å². The Kier molecular flexibility index (Phi) is 6.71. The fourth-order valence-electron chi connectivity index (χ4n) is 3.43. The molecule has 2 heterocycles. The molecule has 0 aliphatic carbocycles. The van der Waals surface area contributed by atoms with Gasteiger partial charge in [-0.1, -0.05) is 23.2 Å². The Morgan fingerprint density at radius 1 is 1.19 bits per heavy atom. The molecular weight excluding hydrogens is 493 g/mol. The summed E-state index contributed by atoms with van der Waals surface area (Å²) in [5, 5.41) is 12.7. The number of nitrogens with zero attached hydrogens (tertiary/aromatic N) is 2. The smallest absolute Gasteiger partial charge is 0.227 e. The molecule has 0 bridgehead atoms. The number of halogens is 2. The van der Waals surface area contributed by atoms with Crippen molar-refractivity contribution in [3.05, 3.63) is 62.0 Å². The standard InChI is InChI=1S/C21H19Cl2N3O4S2/c1-12-25-26-20(31-12)11-32(28,29)16-3-4-18-14(9-16)8-13(21(27)24-18)6-7-30-19-5-2-15(22)10-17(19)23/h2-5,9-10,13H,6-8,11H2,1H3,(H,24,27). The van der Waals surface area contributed by atoms with Crippen LogP contribution < -0.4 is 10.1 Å². The number of amides is 1. The molecule has 168 valence electrons. The van der Waals surface area contributed by atoms with E-state index in [4.69, 9.17) is 27.9 Å². The summed E-state index contributed by atoms with van der Waals surface area (Å²) < 4.78 is 31.4. The highest BCUT2D eigenvalue weighted by Gasteiger charge is 2.28. The molecule has 32 heavy (non-hydrogen) atoms. The van der Waals surface area contributed by atoms with Crippen LogP contribution in [0.3, 0.4) is 0 Å². The first-order valence-corrected chi connectivity index (χ1v) is 13.0. The molecule has 0 radical (unpaired) electrons. The van der Waals surface area contributed by atoms with Crippen LogP contribution in [0.15, 0.2) is 41.3 Å². The third-order valence-corrected chi connectivity index (χ3v) is 8.21. The van der Waals surface area contributed by atoms with Gasteiger partial charge in [0, 0.05) is 16.6 Å². The number of hydrogen-bond donors (Lipinski definition) is 1. The van der Waals surface area contributed by atoms with Crippen molar-refractivity contribution in [1.29, 1.82) is 0 Å². The van der Waals surface area contributed by atoms with Crippen molar-refractivity contribution in [2.24, 2.45) is 5.92 Å². The monoisotopic (exact) mass is 511 g/mol. The number of carbonyl (C=O) groups excluding carboxylic acids is 1. The lowest BCUT2D eigenvalue weighted by Gasteiger charge is -2.25. The van der Waals surface area contributed by atoms with E-state index in [-0.39, 0.29) is 29.1 Å². The highest BCUT2D eigenvalue weighted by Crippen LogP contribution is 2.32. The maximum atomic E-state index is 12.8. The molecule has 1 aliphatic heterocycles. The van der Waals surface area contributed by atoms with Crippen LogP contribution in [0.1, 0.15) is 22.0 Å². The number of anilines is 1. The van der Waals surface area contributed by atoms with Crippen LogP contribution in [0.25, 0.3) is 0 Å². The van der Waals surface area contributed by atoms with Crippen LogP contribution in [0.5, 0.6) is 5.75 Å². The maximum absolute atomic E-state index is 12.8. The second kappa shape index (κ2) is 9.35. The number of ether oxygens (including phenoxy) is 1. The van der Waals surface area contributed by atoms with Gasteiger partial charge in [0.25, 0.3) is 0 Å². The predicted molar refractivity (Wildman–Crippen MR) is 124 cm³/mol. The van der Waals surface area contributed by atoms with Crippen LogP contribution in [-0.2, 0) is 26.8 Å². The fraction of sp³-hybridized carbons (Fsp3) is 0.286. The van der Waals surface area contributed by atoms with Gasteiger partial charge in [-0.25, -0.2) is 8.42 Å². The molecule has 7 nitrogen and oxygen atoms in total. The predicted octanol–water partition coefficient (Wildman–Crippen LogP) is 4.71. The third-order valence-electron chi connectivity index (χ3n) is 5.03. The molecule has 1 unspecified atom stereocenters. The van der Waals surface area contributed by atoms with Crippen molar-refractivity contribution < 1.29 is 17.9 Å². The third kappa shape index (κ3) is 5.23. The lowest BCUT2D eigenvalue weighted by molar-refractivity contribution is -0.120. The van der Waals surface area contributed by atoms with Crippen LogP contribution >= 0.6 is 34.5 Å². The van der Waals surface area contributed by atoms with E-state index >= 15 is 0 Å². The molecule has 0 saturated heterocycles. The number of sulfone groups is 1. The SMILES string of the molecule is Cc1nnc(CS(=O)(=O)c2ccc3c(c2)CC(CCOc2ccc(Cl)cc2Cl)C(=O)N3)s1. The van der Waals surface area contributed by atoms with Gasteiger partial charge in [-0.05, 0) is 61.7 Å². The van der Waals surface area contributed by atoms with E-state index in [1.807, 2.05) is 0 Å². The quantitative estimate of drug-likeness (QED) is 0.493. The van der Waals surface area contributed by atoms with Crippen molar-refractivity contribution in [2.45, 2.75) is 30.4 Å². The summed E-state index contributed by atoms with van der Waals surface area (Å²) in [5.41, 5.74) is 1.40. The zero-order valence-corrected chi connectivity index (χ0v) is 20.1. The van der Waals surface area contributed by atoms with E-state index in [2.05, 4.69) is 15.5 Å². The first-order chi connectivity index (χ1) is 15.2. The molecule has 1 amide bonds. The average Bonchev–Trinajstić information content (AvgIpc) is 3.13. The number of rotatable bonds is 7. The topological polar surface area (TPSA) is 98.2 Å². The van der Waals surface area contributed by atoms with Gasteiger partial charge < -0.3 is 10.1 Å². The molecule has 1 aliphatic rings. The number of hydrogen-bond acceptors (Lipinski definition) is 7. The summed E-state index contributed by atoms with van der Waals surface area (Å²) in [6.07, 6.45) is 0.866. The largest absolute Gasteiger partial charge is 0.492 e. The van der Waals surface area contributed by atoms with Gasteiger partial charge in [-0.2, -0.15) is 0 Å². The first-order valence-electron chi connectivity index (χ1n) is 9.74. The summed E-state index contributed by atoms with van der Waals surface area (Å²) in [7, 11) is -3.58. The van der Waals surface area contributed by atoms with Crippen LogP contribution in [0, 0.1) is 12.8 Å². The van der Waals surface area contributed by atoms with E-state index in [1.54, 1.807) is 37.3 Å². The van der Waals surface area contributed by atoms with Gasteiger partial charge in [0.15, 0.2) is 9.84 Å².